The third-order valence-corrected chi connectivity index (χ3v) is 26.5. The Morgan fingerprint density at radius 3 is 0.738 bits per heavy atom. The van der Waals surface area contributed by atoms with Gasteiger partial charge in [-0.15, -0.1) is 0 Å². The Hall–Kier alpha value is -17.5. The van der Waals surface area contributed by atoms with Crippen LogP contribution in [0.2, 0.25) is 0 Å². The summed E-state index contributed by atoms with van der Waals surface area (Å²) < 4.78 is 0. The van der Waals surface area contributed by atoms with E-state index in [-0.39, 0.29) is 0 Å². The second-order valence-electron chi connectivity index (χ2n) is 33.8. The van der Waals surface area contributed by atoms with Crippen molar-refractivity contribution in [2.24, 2.45) is 0 Å². The normalized spacial score (nSPS) is 11.8. The van der Waals surface area contributed by atoms with Gasteiger partial charge in [0.2, 0.25) is 0 Å². The third-order valence-electron chi connectivity index (χ3n) is 26.5. The predicted molar refractivity (Wildman–Crippen MR) is 544 cm³/mol. The summed E-state index contributed by atoms with van der Waals surface area (Å²) in [6.07, 6.45) is 3.69. The molecule has 8 aromatic heterocycles. The van der Waals surface area contributed by atoms with E-state index in [1.807, 2.05) is 24.5 Å². The van der Waals surface area contributed by atoms with E-state index in [4.69, 9.17) is 39.9 Å². The van der Waals surface area contributed by atoms with Gasteiger partial charge >= 0.3 is 0 Å². The summed E-state index contributed by atoms with van der Waals surface area (Å²) in [6.45, 7) is 0. The van der Waals surface area contributed by atoms with E-state index in [9.17, 15) is 0 Å². The van der Waals surface area contributed by atoms with Crippen molar-refractivity contribution in [2.75, 3.05) is 0 Å². The molecule has 0 amide bonds. The molecule has 27 rings (SSSR count). The fraction of sp³-hybridized carbons (Fsp3) is 0. The number of aromatic nitrogens is 8. The molecule has 0 fully saturated rings. The second-order valence-corrected chi connectivity index (χ2v) is 33.8. The van der Waals surface area contributed by atoms with E-state index < -0.39 is 0 Å². The largest absolute Gasteiger partial charge is 0.254 e. The van der Waals surface area contributed by atoms with Crippen LogP contribution >= 0.6 is 0 Å². The smallest absolute Gasteiger partial charge is 0.0972 e. The molecule has 8 nitrogen and oxygen atoms in total. The molecule has 8 heterocycles. The van der Waals surface area contributed by atoms with E-state index in [0.717, 1.165) is 220 Å². The first-order valence-corrected chi connectivity index (χ1v) is 44.2. The monoisotopic (exact) mass is 1650 g/mol. The topological polar surface area (TPSA) is 103 Å². The minimum Gasteiger partial charge on any atom is -0.254 e. The molecular weight excluding hydrogens is 1580 g/mol. The van der Waals surface area contributed by atoms with Gasteiger partial charge in [-0.05, 0) is 223 Å². The molecule has 0 aliphatic rings. The zero-order valence-corrected chi connectivity index (χ0v) is 70.1. The molecule has 27 aromatic rings. The number of hydrogen-bond donors (Lipinski definition) is 0. The zero-order chi connectivity index (χ0) is 85.4. The van der Waals surface area contributed by atoms with Gasteiger partial charge in [-0.1, -0.05) is 322 Å². The molecule has 0 aliphatic heterocycles. The summed E-state index contributed by atoms with van der Waals surface area (Å²) in [7, 11) is 0. The van der Waals surface area contributed by atoms with Crippen molar-refractivity contribution >= 4 is 173 Å². The van der Waals surface area contributed by atoms with Gasteiger partial charge in [-0.25, -0.2) is 29.9 Å². The molecule has 130 heavy (non-hydrogen) atoms. The number of pyridine rings is 8. The molecule has 0 atom stereocenters. The Morgan fingerprint density at radius 2 is 0.385 bits per heavy atom. The lowest BCUT2D eigenvalue weighted by Crippen LogP contribution is -1.95. The fourth-order valence-corrected chi connectivity index (χ4v) is 20.5. The molecule has 0 spiro atoms. The van der Waals surface area contributed by atoms with Gasteiger partial charge in [-0.2, -0.15) is 0 Å². The number of rotatable bonds is 9. The molecule has 19 aromatic carbocycles. The van der Waals surface area contributed by atoms with Crippen LogP contribution in [0.1, 0.15) is 0 Å². The van der Waals surface area contributed by atoms with Crippen molar-refractivity contribution < 1.29 is 0 Å². The highest BCUT2D eigenvalue weighted by Gasteiger charge is 2.25. The molecular formula is C122H72N8. The molecule has 0 saturated carbocycles. The lowest BCUT2D eigenvalue weighted by molar-refractivity contribution is 1.38. The highest BCUT2D eigenvalue weighted by Crippen LogP contribution is 2.49. The molecule has 0 unspecified atom stereocenters. The Balaban J connectivity index is 0.000000137. The predicted octanol–water partition coefficient (Wildman–Crippen LogP) is 32.0. The van der Waals surface area contributed by atoms with Crippen LogP contribution in [0.3, 0.4) is 0 Å². The number of fused-ring (bicyclic) bond motifs is 19. The van der Waals surface area contributed by atoms with Crippen LogP contribution in [0.15, 0.2) is 437 Å². The van der Waals surface area contributed by atoms with Gasteiger partial charge in [-0.3, -0.25) is 9.97 Å². The van der Waals surface area contributed by atoms with Gasteiger partial charge in [0.1, 0.15) is 0 Å². The van der Waals surface area contributed by atoms with Gasteiger partial charge in [0.25, 0.3) is 0 Å². The van der Waals surface area contributed by atoms with Crippen molar-refractivity contribution in [3.63, 3.8) is 0 Å². The first-order chi connectivity index (χ1) is 64.4. The van der Waals surface area contributed by atoms with E-state index >= 15 is 0 Å². The standard InChI is InChI=1S/C64H38N4.C58H34N4/c1-2-13-39(14-3-1)59-46-16-4-6-18-48(46)60(49-19-7-5-17-47(49)59)56-34-29-44-37-42(27-31-54(44)66-56)43-28-32-55-45(38-43)30-35-57(67-55)61-50-20-8-10-22-52(50)62(53-23-11-9-21-51(53)61)58-33-26-41-25-24-40-15-12-36-65-63(40)64(41)68-58;1-2-12-42-39(10-1)34-49(44-14-4-3-13-43(42)44)52-28-24-40-32-37(22-26-50(40)60-52)38-23-27-51-41(33-38)25-30-53(61-51)55-45-15-5-7-17-47(45)56(48-18-8-6-16-46(48)55)54-29-21-36-20-19-35-11-9-31-59-57(35)58(36)62-54/h1-38H;1-34H. The van der Waals surface area contributed by atoms with E-state index in [0.29, 0.717) is 0 Å². The van der Waals surface area contributed by atoms with Gasteiger partial charge in [0.15, 0.2) is 0 Å². The lowest BCUT2D eigenvalue weighted by Gasteiger charge is -2.17. The van der Waals surface area contributed by atoms with E-state index in [2.05, 4.69) is 413 Å². The van der Waals surface area contributed by atoms with Crippen LogP contribution in [0.25, 0.3) is 274 Å². The molecule has 0 bridgehead atoms. The van der Waals surface area contributed by atoms with Crippen LogP contribution in [0.4, 0.5) is 0 Å². The van der Waals surface area contributed by atoms with Crippen molar-refractivity contribution in [1.82, 2.24) is 39.9 Å². The van der Waals surface area contributed by atoms with Crippen LogP contribution in [-0.2, 0) is 0 Å². The van der Waals surface area contributed by atoms with Crippen molar-refractivity contribution in [3.05, 3.63) is 437 Å². The average molecular weight is 1650 g/mol. The van der Waals surface area contributed by atoms with Gasteiger partial charge < -0.3 is 0 Å². The highest BCUT2D eigenvalue weighted by atomic mass is 14.8. The van der Waals surface area contributed by atoms with Crippen molar-refractivity contribution in [3.8, 4) is 101 Å². The van der Waals surface area contributed by atoms with Crippen LogP contribution in [-0.4, -0.2) is 39.9 Å². The highest BCUT2D eigenvalue weighted by molar-refractivity contribution is 6.25. The molecule has 0 N–H and O–H groups in total. The summed E-state index contributed by atoms with van der Waals surface area (Å²) in [6, 6.07) is 152. The number of hydrogen-bond acceptors (Lipinski definition) is 8. The maximum Gasteiger partial charge on any atom is 0.0972 e. The summed E-state index contributed by atoms with van der Waals surface area (Å²) in [5, 5.41) is 27.6. The summed E-state index contributed by atoms with van der Waals surface area (Å²) in [4.78, 5) is 41.4. The molecule has 8 heteroatoms. The van der Waals surface area contributed by atoms with Crippen molar-refractivity contribution in [2.45, 2.75) is 0 Å². The minimum atomic E-state index is 0.909. The SMILES string of the molecule is c1ccc(-c2c3ccccc3c(-c3ccc4cc(-c5ccc6nc(-c7c8ccccc8c(-c8ccc9ccc%10cccnc%10c9n8)c8ccccc78)ccc6c5)ccc4n3)c3ccccc23)cc1.c1ccc2c(c1)cc(-c1ccc3cc(-c4ccc5nc(-c6c7ccccc7c(-c7ccc8ccc9cccnc9c8n7)c7ccccc67)ccc5c4)ccc3n1)c1ccccc12. The Morgan fingerprint density at radius 1 is 0.131 bits per heavy atom. The molecule has 600 valence electrons. The minimum absolute atomic E-state index is 0.909. The quantitative estimate of drug-likeness (QED) is 0.104. The van der Waals surface area contributed by atoms with Crippen LogP contribution in [0, 0.1) is 0 Å². The Labute approximate surface area is 746 Å². The summed E-state index contributed by atoms with van der Waals surface area (Å²) in [5.41, 5.74) is 27.0. The molecule has 0 saturated heterocycles. The maximum absolute atomic E-state index is 5.38. The van der Waals surface area contributed by atoms with E-state index in [1.54, 1.807) is 0 Å². The van der Waals surface area contributed by atoms with Crippen LogP contribution < -0.4 is 0 Å². The molecule has 0 aliphatic carbocycles. The van der Waals surface area contributed by atoms with E-state index in [1.165, 1.54) is 54.2 Å². The lowest BCUT2D eigenvalue weighted by atomic mass is 9.87. The molecule has 0 radical (unpaired) electrons. The summed E-state index contributed by atoms with van der Waals surface area (Å²) in [5.74, 6) is 0. The average Bonchev–Trinajstić information content (AvgIpc) is 0.728. The van der Waals surface area contributed by atoms with Gasteiger partial charge in [0, 0.05) is 88.9 Å². The summed E-state index contributed by atoms with van der Waals surface area (Å²) >= 11 is 0. The van der Waals surface area contributed by atoms with Crippen LogP contribution in [0.5, 0.6) is 0 Å². The fourth-order valence-electron chi connectivity index (χ4n) is 20.5. The first-order valence-electron chi connectivity index (χ1n) is 44.2. The Kier molecular flexibility index (Phi) is 17.2. The second kappa shape index (κ2) is 30.2. The zero-order valence-electron chi connectivity index (χ0n) is 70.1. The maximum atomic E-state index is 5.38. The number of nitrogens with zero attached hydrogens (tertiary/aromatic N) is 8. The van der Waals surface area contributed by atoms with Crippen molar-refractivity contribution in [1.29, 1.82) is 0 Å². The van der Waals surface area contributed by atoms with Gasteiger partial charge in [0.05, 0.1) is 78.3 Å². The first kappa shape index (κ1) is 74.0. The Bertz CT molecular complexity index is 9310. The number of benzene rings is 19. The third kappa shape index (κ3) is 12.3.